The molecule has 0 aromatic heterocycles. The van der Waals surface area contributed by atoms with Crippen molar-refractivity contribution in [2.75, 3.05) is 26.3 Å². The van der Waals surface area contributed by atoms with Crippen molar-refractivity contribution >= 4 is 5.91 Å². The lowest BCUT2D eigenvalue weighted by atomic mass is 9.79. The SMILES string of the molecule is CC1CCC(O)(CNC(=O)COCCN)CC1. The zero-order valence-electron chi connectivity index (χ0n) is 10.6. The van der Waals surface area contributed by atoms with E-state index in [1.165, 1.54) is 0 Å². The van der Waals surface area contributed by atoms with Crippen LogP contribution in [0.2, 0.25) is 0 Å². The minimum atomic E-state index is -0.726. The van der Waals surface area contributed by atoms with Gasteiger partial charge >= 0.3 is 0 Å². The van der Waals surface area contributed by atoms with Gasteiger partial charge in [-0.25, -0.2) is 0 Å². The predicted molar refractivity (Wildman–Crippen MR) is 65.5 cm³/mol. The fraction of sp³-hybridized carbons (Fsp3) is 0.917. The van der Waals surface area contributed by atoms with Gasteiger partial charge in [-0.2, -0.15) is 0 Å². The Morgan fingerprint density at radius 3 is 2.76 bits per heavy atom. The summed E-state index contributed by atoms with van der Waals surface area (Å²) in [4.78, 5) is 11.4. The van der Waals surface area contributed by atoms with E-state index >= 15 is 0 Å². The summed E-state index contributed by atoms with van der Waals surface area (Å²) in [5.41, 5.74) is 4.52. The number of aliphatic hydroxyl groups is 1. The van der Waals surface area contributed by atoms with Gasteiger partial charge in [0.15, 0.2) is 0 Å². The second-order valence-electron chi connectivity index (χ2n) is 5.02. The molecule has 5 heteroatoms. The van der Waals surface area contributed by atoms with Gasteiger partial charge in [0.25, 0.3) is 0 Å². The van der Waals surface area contributed by atoms with Gasteiger partial charge in [-0.1, -0.05) is 6.92 Å². The van der Waals surface area contributed by atoms with Gasteiger partial charge in [0.2, 0.25) is 5.91 Å². The Bertz CT molecular complexity index is 238. The van der Waals surface area contributed by atoms with E-state index in [1.807, 2.05) is 0 Å². The Labute approximate surface area is 103 Å². The first-order chi connectivity index (χ1) is 8.06. The van der Waals surface area contributed by atoms with Crippen molar-refractivity contribution in [1.29, 1.82) is 0 Å². The molecule has 1 aliphatic carbocycles. The van der Waals surface area contributed by atoms with Crippen LogP contribution in [0.3, 0.4) is 0 Å². The third kappa shape index (κ3) is 5.48. The highest BCUT2D eigenvalue weighted by molar-refractivity contribution is 5.77. The molecule has 0 aromatic rings. The van der Waals surface area contributed by atoms with Gasteiger partial charge in [0.05, 0.1) is 12.2 Å². The quantitative estimate of drug-likeness (QED) is 0.575. The summed E-state index contributed by atoms with van der Waals surface area (Å²) in [5.74, 6) is 0.490. The van der Waals surface area contributed by atoms with E-state index in [1.54, 1.807) is 0 Å². The summed E-state index contributed by atoms with van der Waals surface area (Å²) in [5, 5.41) is 12.9. The number of ether oxygens (including phenoxy) is 1. The van der Waals surface area contributed by atoms with Gasteiger partial charge in [-0.05, 0) is 31.6 Å². The van der Waals surface area contributed by atoms with Gasteiger partial charge in [-0.3, -0.25) is 4.79 Å². The summed E-state index contributed by atoms with van der Waals surface area (Å²) in [7, 11) is 0. The molecule has 1 fully saturated rings. The molecule has 17 heavy (non-hydrogen) atoms. The molecule has 5 nitrogen and oxygen atoms in total. The smallest absolute Gasteiger partial charge is 0.246 e. The fourth-order valence-corrected chi connectivity index (χ4v) is 2.04. The van der Waals surface area contributed by atoms with Crippen molar-refractivity contribution < 1.29 is 14.6 Å². The molecule has 0 spiro atoms. The van der Waals surface area contributed by atoms with Crippen molar-refractivity contribution in [3.05, 3.63) is 0 Å². The van der Waals surface area contributed by atoms with Crippen LogP contribution in [0.1, 0.15) is 32.6 Å². The van der Waals surface area contributed by atoms with E-state index in [0.29, 0.717) is 25.6 Å². The molecule has 4 N–H and O–H groups in total. The second kappa shape index (κ2) is 6.93. The Hall–Kier alpha value is -0.650. The van der Waals surface area contributed by atoms with E-state index in [0.717, 1.165) is 25.7 Å². The average molecular weight is 244 g/mol. The maximum absolute atomic E-state index is 11.4. The molecule has 0 radical (unpaired) electrons. The third-order valence-corrected chi connectivity index (χ3v) is 3.31. The van der Waals surface area contributed by atoms with Crippen LogP contribution in [-0.2, 0) is 9.53 Å². The summed E-state index contributed by atoms with van der Waals surface area (Å²) >= 11 is 0. The molecule has 0 aromatic carbocycles. The highest BCUT2D eigenvalue weighted by Gasteiger charge is 2.31. The molecule has 0 heterocycles. The lowest BCUT2D eigenvalue weighted by Crippen LogP contribution is -2.46. The Morgan fingerprint density at radius 1 is 1.53 bits per heavy atom. The van der Waals surface area contributed by atoms with Crippen LogP contribution in [-0.4, -0.2) is 42.9 Å². The van der Waals surface area contributed by atoms with E-state index in [-0.39, 0.29) is 12.5 Å². The van der Waals surface area contributed by atoms with Crippen LogP contribution in [0.5, 0.6) is 0 Å². The van der Waals surface area contributed by atoms with Crippen molar-refractivity contribution in [1.82, 2.24) is 5.32 Å². The maximum atomic E-state index is 11.4. The highest BCUT2D eigenvalue weighted by Crippen LogP contribution is 2.31. The largest absolute Gasteiger partial charge is 0.388 e. The molecule has 0 atom stereocenters. The molecular weight excluding hydrogens is 220 g/mol. The first-order valence-corrected chi connectivity index (χ1v) is 6.32. The molecule has 0 saturated heterocycles. The minimum Gasteiger partial charge on any atom is -0.388 e. The van der Waals surface area contributed by atoms with Crippen molar-refractivity contribution in [3.8, 4) is 0 Å². The van der Waals surface area contributed by atoms with Crippen LogP contribution in [0.25, 0.3) is 0 Å². The van der Waals surface area contributed by atoms with E-state index in [2.05, 4.69) is 12.2 Å². The van der Waals surface area contributed by atoms with Crippen LogP contribution in [0.15, 0.2) is 0 Å². The standard InChI is InChI=1S/C12H24N2O3/c1-10-2-4-12(16,5-3-10)9-14-11(15)8-17-7-6-13/h10,16H,2-9,13H2,1H3,(H,14,15). The van der Waals surface area contributed by atoms with Gasteiger partial charge in [-0.15, -0.1) is 0 Å². The third-order valence-electron chi connectivity index (χ3n) is 3.31. The summed E-state index contributed by atoms with van der Waals surface area (Å²) in [6.07, 6.45) is 3.57. The van der Waals surface area contributed by atoms with Crippen molar-refractivity contribution in [3.63, 3.8) is 0 Å². The second-order valence-corrected chi connectivity index (χ2v) is 5.02. The predicted octanol–water partition coefficient (Wildman–Crippen LogP) is 0.0191. The van der Waals surface area contributed by atoms with Crippen molar-refractivity contribution in [2.24, 2.45) is 11.7 Å². The molecular formula is C12H24N2O3. The Kier molecular flexibility index (Phi) is 5.88. The number of carbonyl (C=O) groups is 1. The Balaban J connectivity index is 2.18. The van der Waals surface area contributed by atoms with Crippen LogP contribution >= 0.6 is 0 Å². The number of hydrogen-bond donors (Lipinski definition) is 3. The lowest BCUT2D eigenvalue weighted by Gasteiger charge is -2.34. The zero-order valence-corrected chi connectivity index (χ0v) is 10.6. The zero-order chi connectivity index (χ0) is 12.7. The van der Waals surface area contributed by atoms with Gasteiger partial charge in [0.1, 0.15) is 6.61 Å². The minimum absolute atomic E-state index is 0.0175. The van der Waals surface area contributed by atoms with E-state index < -0.39 is 5.60 Å². The lowest BCUT2D eigenvalue weighted by molar-refractivity contribution is -0.127. The number of nitrogens with one attached hydrogen (secondary N) is 1. The molecule has 1 aliphatic rings. The molecule has 0 unspecified atom stereocenters. The highest BCUT2D eigenvalue weighted by atomic mass is 16.5. The summed E-state index contributed by atoms with van der Waals surface area (Å²) in [6, 6.07) is 0. The number of hydrogen-bond acceptors (Lipinski definition) is 4. The molecule has 100 valence electrons. The number of nitrogens with two attached hydrogens (primary N) is 1. The Morgan fingerprint density at radius 2 is 2.18 bits per heavy atom. The first kappa shape index (κ1) is 14.4. The molecule has 1 saturated carbocycles. The topological polar surface area (TPSA) is 84.6 Å². The molecule has 1 rings (SSSR count). The number of rotatable bonds is 6. The average Bonchev–Trinajstić information content (AvgIpc) is 2.32. The summed E-state index contributed by atoms with van der Waals surface area (Å²) < 4.78 is 5.02. The van der Waals surface area contributed by atoms with E-state index in [4.69, 9.17) is 10.5 Å². The van der Waals surface area contributed by atoms with Crippen molar-refractivity contribution in [2.45, 2.75) is 38.2 Å². The van der Waals surface area contributed by atoms with Gasteiger partial charge < -0.3 is 20.9 Å². The maximum Gasteiger partial charge on any atom is 0.246 e. The van der Waals surface area contributed by atoms with Crippen LogP contribution in [0, 0.1) is 5.92 Å². The monoisotopic (exact) mass is 244 g/mol. The number of amides is 1. The normalized spacial score (nSPS) is 29.0. The van der Waals surface area contributed by atoms with Crippen LogP contribution < -0.4 is 11.1 Å². The number of carbonyl (C=O) groups excluding carboxylic acids is 1. The molecule has 0 aliphatic heterocycles. The molecule has 1 amide bonds. The first-order valence-electron chi connectivity index (χ1n) is 6.32. The van der Waals surface area contributed by atoms with Crippen LogP contribution in [0.4, 0.5) is 0 Å². The molecule has 0 bridgehead atoms. The fourth-order valence-electron chi connectivity index (χ4n) is 2.04. The van der Waals surface area contributed by atoms with Gasteiger partial charge in [0, 0.05) is 13.1 Å². The summed E-state index contributed by atoms with van der Waals surface area (Å²) in [6.45, 7) is 3.33. The van der Waals surface area contributed by atoms with E-state index in [9.17, 15) is 9.90 Å².